The van der Waals surface area contributed by atoms with E-state index in [4.69, 9.17) is 6.85 Å². The van der Waals surface area contributed by atoms with Crippen LogP contribution in [0.15, 0.2) is 30.2 Å². The van der Waals surface area contributed by atoms with Gasteiger partial charge in [-0.3, -0.25) is 4.79 Å². The van der Waals surface area contributed by atoms with Gasteiger partial charge in [0.15, 0.2) is 5.78 Å². The van der Waals surface area contributed by atoms with Crippen molar-refractivity contribution in [2.45, 2.75) is 6.42 Å². The molecule has 0 spiro atoms. The van der Waals surface area contributed by atoms with E-state index in [1.807, 2.05) is 0 Å². The first-order valence-electron chi connectivity index (χ1n) is 5.57. The molecule has 4 heteroatoms. The van der Waals surface area contributed by atoms with Crippen molar-refractivity contribution in [3.05, 3.63) is 35.8 Å². The smallest absolute Gasteiger partial charge is 0.542 e. The molecular formula is C9H7NaO3. The van der Waals surface area contributed by atoms with Gasteiger partial charge < -0.3 is 9.90 Å². The van der Waals surface area contributed by atoms with Crippen LogP contribution in [0.4, 0.5) is 0 Å². The summed E-state index contributed by atoms with van der Waals surface area (Å²) in [6, 6.07) is -2.96. The molecule has 3 nitrogen and oxygen atoms in total. The molecule has 0 fully saturated rings. The fourth-order valence-corrected chi connectivity index (χ4v) is 0.597. The molecule has 1 aromatic carbocycles. The molecule has 0 amide bonds. The molecule has 0 unspecified atom stereocenters. The number of hydrogen-bond acceptors (Lipinski definition) is 3. The molecule has 0 aliphatic heterocycles. The third-order valence-corrected chi connectivity index (χ3v) is 1.12. The molecule has 0 N–H and O–H groups in total. The summed E-state index contributed by atoms with van der Waals surface area (Å²) in [5, 5.41) is 10.2. The minimum atomic E-state index is -1.95. The molecule has 0 heterocycles. The predicted molar refractivity (Wildman–Crippen MR) is 40.2 cm³/mol. The number of Topliss-reactive ketones (excluding diaryl/α,β-unsaturated/α-hetero) is 1. The first-order valence-corrected chi connectivity index (χ1v) is 3.07. The standard InChI is InChI=1S/C9H8O3.Na/c10-8(9(11)12)6-7-4-2-1-3-5-7;/h1-5H,6H2,(H,11,12);/q;+1/p-1/i1D,2D,3D,4D,5D;. The van der Waals surface area contributed by atoms with Crippen LogP contribution >= 0.6 is 0 Å². The normalized spacial score (nSPS) is 14.0. The van der Waals surface area contributed by atoms with Gasteiger partial charge in [0.2, 0.25) is 0 Å². The van der Waals surface area contributed by atoms with E-state index in [-0.39, 0.29) is 35.1 Å². The number of ketones is 1. The van der Waals surface area contributed by atoms with Crippen molar-refractivity contribution in [2.24, 2.45) is 0 Å². The van der Waals surface area contributed by atoms with Gasteiger partial charge in [0, 0.05) is 6.42 Å². The molecule has 0 aliphatic carbocycles. The number of carbonyl (C=O) groups is 2. The van der Waals surface area contributed by atoms with Gasteiger partial charge in [-0.15, -0.1) is 0 Å². The second-order valence-electron chi connectivity index (χ2n) is 1.99. The van der Waals surface area contributed by atoms with Gasteiger partial charge in [-0.25, -0.2) is 0 Å². The van der Waals surface area contributed by atoms with E-state index >= 15 is 0 Å². The van der Waals surface area contributed by atoms with Crippen molar-refractivity contribution in [1.29, 1.82) is 0 Å². The van der Waals surface area contributed by atoms with Gasteiger partial charge in [0.05, 0.1) is 6.85 Å². The molecule has 0 aromatic heterocycles. The van der Waals surface area contributed by atoms with Gasteiger partial charge in [0.1, 0.15) is 5.97 Å². The van der Waals surface area contributed by atoms with Crippen molar-refractivity contribution in [1.82, 2.24) is 0 Å². The van der Waals surface area contributed by atoms with Crippen molar-refractivity contribution in [3.8, 4) is 0 Å². The van der Waals surface area contributed by atoms with Crippen molar-refractivity contribution in [3.63, 3.8) is 0 Å². The van der Waals surface area contributed by atoms with E-state index in [1.54, 1.807) is 0 Å². The SMILES string of the molecule is [2H]c1c([2H])c([2H])c(CC(=O)C(=O)[O-])c([2H])c1[2H].[Na+]. The minimum Gasteiger partial charge on any atom is -0.542 e. The fraction of sp³-hybridized carbons (Fsp3) is 0.111. The molecule has 62 valence electrons. The van der Waals surface area contributed by atoms with Gasteiger partial charge in [-0.05, 0) is 5.56 Å². The number of hydrogen-bond donors (Lipinski definition) is 0. The van der Waals surface area contributed by atoms with Crippen LogP contribution in [0, 0.1) is 0 Å². The molecule has 0 radical (unpaired) electrons. The molecule has 1 rings (SSSR count). The molecule has 0 aliphatic rings. The predicted octanol–water partition coefficient (Wildman–Crippen LogP) is -3.45. The number of carboxylic acid groups (broad SMARTS) is 1. The number of rotatable bonds is 3. The van der Waals surface area contributed by atoms with E-state index in [9.17, 15) is 14.7 Å². The molecular weight excluding hydrogens is 179 g/mol. The number of carboxylic acids is 1. The summed E-state index contributed by atoms with van der Waals surface area (Å²) >= 11 is 0. The van der Waals surface area contributed by atoms with Gasteiger partial charge in [0.25, 0.3) is 0 Å². The zero-order valence-electron chi connectivity index (χ0n) is 11.9. The topological polar surface area (TPSA) is 57.2 Å². The van der Waals surface area contributed by atoms with Gasteiger partial charge in [-0.2, -0.15) is 0 Å². The van der Waals surface area contributed by atoms with Gasteiger partial charge in [-0.1, -0.05) is 30.2 Å². The van der Waals surface area contributed by atoms with Crippen LogP contribution in [0.25, 0.3) is 0 Å². The Morgan fingerprint density at radius 1 is 1.31 bits per heavy atom. The van der Waals surface area contributed by atoms with Crippen molar-refractivity contribution >= 4 is 11.8 Å². The largest absolute Gasteiger partial charge is 1.00 e. The van der Waals surface area contributed by atoms with Crippen LogP contribution in [0.1, 0.15) is 12.4 Å². The fourth-order valence-electron chi connectivity index (χ4n) is 0.597. The number of benzene rings is 1. The van der Waals surface area contributed by atoms with Crippen molar-refractivity contribution < 1.29 is 51.1 Å². The summed E-state index contributed by atoms with van der Waals surface area (Å²) in [6.07, 6.45) is -0.780. The van der Waals surface area contributed by atoms with E-state index < -0.39 is 48.4 Å². The maximum atomic E-state index is 10.9. The quantitative estimate of drug-likeness (QED) is 0.369. The number of aliphatic carboxylic acids is 1. The maximum absolute atomic E-state index is 10.9. The van der Waals surface area contributed by atoms with Crippen LogP contribution in [0.2, 0.25) is 0 Å². The first kappa shape index (κ1) is 5.96. The Morgan fingerprint density at radius 2 is 1.85 bits per heavy atom. The zero-order chi connectivity index (χ0) is 13.3. The maximum Gasteiger partial charge on any atom is 1.00 e. The summed E-state index contributed by atoms with van der Waals surface area (Å²) in [5.41, 5.74) is -0.342. The van der Waals surface area contributed by atoms with Crippen LogP contribution < -0.4 is 34.7 Å². The Bertz CT molecular complexity index is 488. The Hall–Kier alpha value is -0.640. The van der Waals surface area contributed by atoms with E-state index in [0.717, 1.165) is 0 Å². The average Bonchev–Trinajstić information content (AvgIpc) is 2.29. The molecule has 0 bridgehead atoms. The summed E-state index contributed by atoms with van der Waals surface area (Å²) in [7, 11) is 0. The van der Waals surface area contributed by atoms with Crippen LogP contribution in [0.3, 0.4) is 0 Å². The molecule has 0 saturated carbocycles. The third-order valence-electron chi connectivity index (χ3n) is 1.12. The minimum absolute atomic E-state index is 0. The molecule has 1 aromatic rings. The Morgan fingerprint density at radius 3 is 2.31 bits per heavy atom. The Kier molecular flexibility index (Phi) is 2.71. The van der Waals surface area contributed by atoms with E-state index in [2.05, 4.69) is 0 Å². The van der Waals surface area contributed by atoms with Gasteiger partial charge >= 0.3 is 29.6 Å². The second kappa shape index (κ2) is 5.91. The number of carbonyl (C=O) groups excluding carboxylic acids is 2. The molecule has 0 saturated heterocycles. The Labute approximate surface area is 105 Å². The van der Waals surface area contributed by atoms with Crippen LogP contribution in [-0.2, 0) is 16.0 Å². The van der Waals surface area contributed by atoms with E-state index in [1.165, 1.54) is 0 Å². The summed E-state index contributed by atoms with van der Waals surface area (Å²) < 4.78 is 36.8. The molecule has 0 atom stereocenters. The Balaban J connectivity index is 0.00000289. The second-order valence-corrected chi connectivity index (χ2v) is 1.99. The summed E-state index contributed by atoms with van der Waals surface area (Å²) in [6.45, 7) is 0. The van der Waals surface area contributed by atoms with Crippen LogP contribution in [0.5, 0.6) is 0 Å². The third kappa shape index (κ3) is 4.22. The summed E-state index contributed by atoms with van der Waals surface area (Å²) in [5.74, 6) is -3.28. The average molecular weight is 191 g/mol. The monoisotopic (exact) mass is 191 g/mol. The first-order chi connectivity index (χ1) is 7.77. The van der Waals surface area contributed by atoms with Crippen LogP contribution in [-0.4, -0.2) is 11.8 Å². The summed E-state index contributed by atoms with van der Waals surface area (Å²) in [4.78, 5) is 21.2. The van der Waals surface area contributed by atoms with Crippen molar-refractivity contribution in [2.75, 3.05) is 0 Å². The molecule has 13 heavy (non-hydrogen) atoms. The zero-order valence-corrected chi connectivity index (χ0v) is 8.93. The van der Waals surface area contributed by atoms with E-state index in [0.29, 0.717) is 0 Å².